The monoisotopic (exact) mass is 615 g/mol. The number of carbonyl (C=O) groups excluding carboxylic acids is 1. The molecule has 0 amide bonds. The first kappa shape index (κ1) is 29.2. The summed E-state index contributed by atoms with van der Waals surface area (Å²) < 4.78 is 36.1. The molecule has 0 radical (unpaired) electrons. The van der Waals surface area contributed by atoms with E-state index in [1.807, 2.05) is 18.2 Å². The minimum Gasteiger partial charge on any atom is -0.508 e. The van der Waals surface area contributed by atoms with Crippen LogP contribution in [0.4, 0.5) is 0 Å². The zero-order chi connectivity index (χ0) is 30.8. The van der Waals surface area contributed by atoms with Crippen molar-refractivity contribution in [2.24, 2.45) is 0 Å². The van der Waals surface area contributed by atoms with E-state index in [2.05, 4.69) is 10.3 Å². The number of aliphatic hydroxyl groups excluding tert-OH is 1. The number of nitrogens with zero attached hydrogens (tertiary/aromatic N) is 3. The fourth-order valence-electron chi connectivity index (χ4n) is 5.66. The van der Waals surface area contributed by atoms with Crippen molar-refractivity contribution in [3.63, 3.8) is 0 Å². The maximum atomic E-state index is 13.0. The quantitative estimate of drug-likeness (QED) is 0.122. The fourth-order valence-corrected chi connectivity index (χ4v) is 5.66. The molecule has 7 rings (SSSR count). The molecule has 4 heterocycles. The van der Waals surface area contributed by atoms with Crippen LogP contribution in [0.25, 0.3) is 0 Å². The topological polar surface area (TPSA) is 147 Å². The Morgan fingerprint density at radius 3 is 2.62 bits per heavy atom. The summed E-state index contributed by atoms with van der Waals surface area (Å²) >= 11 is 0. The number of phenolic OH excluding ortho intramolecular Hbond substituents is 1. The summed E-state index contributed by atoms with van der Waals surface area (Å²) in [5.41, 5.74) is 1.79. The van der Waals surface area contributed by atoms with E-state index in [1.165, 1.54) is 6.07 Å². The van der Waals surface area contributed by atoms with Crippen LogP contribution >= 0.6 is 0 Å². The summed E-state index contributed by atoms with van der Waals surface area (Å²) in [7, 11) is 0. The summed E-state index contributed by atoms with van der Waals surface area (Å²) in [6.45, 7) is 3.23. The Morgan fingerprint density at radius 1 is 1.00 bits per heavy atom. The molecule has 3 atom stereocenters. The number of hydrogen-bond donors (Lipinski definition) is 2. The molecule has 1 spiro atoms. The van der Waals surface area contributed by atoms with Crippen molar-refractivity contribution < 1.29 is 43.4 Å². The van der Waals surface area contributed by atoms with E-state index >= 15 is 0 Å². The highest BCUT2D eigenvalue weighted by atomic mass is 16.6. The van der Waals surface area contributed by atoms with Crippen LogP contribution in [0.1, 0.15) is 45.6 Å². The van der Waals surface area contributed by atoms with E-state index in [0.717, 1.165) is 19.4 Å². The van der Waals surface area contributed by atoms with E-state index in [4.69, 9.17) is 28.4 Å². The zero-order valence-electron chi connectivity index (χ0n) is 24.5. The molecule has 234 valence electrons. The van der Waals surface area contributed by atoms with Crippen LogP contribution in [0.5, 0.6) is 23.0 Å². The lowest BCUT2D eigenvalue weighted by atomic mass is 9.77. The third-order valence-corrected chi connectivity index (χ3v) is 7.88. The molecule has 12 nitrogen and oxygen atoms in total. The number of benzene rings is 3. The number of carbonyl (C=O) groups is 1. The first-order valence-electron chi connectivity index (χ1n) is 15.0. The van der Waals surface area contributed by atoms with Gasteiger partial charge in [-0.1, -0.05) is 23.4 Å². The first-order valence-corrected chi connectivity index (χ1v) is 15.0. The summed E-state index contributed by atoms with van der Waals surface area (Å²) in [4.78, 5) is 13.0. The first-order chi connectivity index (χ1) is 22.0. The highest BCUT2D eigenvalue weighted by Gasteiger charge is 2.53. The number of phenols is 1. The molecule has 1 fully saturated rings. The fraction of sp³-hybridized carbons (Fsp3) is 0.364. The molecular weight excluding hydrogens is 582 g/mol. The highest BCUT2D eigenvalue weighted by Crippen LogP contribution is 2.56. The van der Waals surface area contributed by atoms with Gasteiger partial charge in [-0.3, -0.25) is 0 Å². The van der Waals surface area contributed by atoms with Crippen LogP contribution in [0, 0.1) is 0 Å². The lowest BCUT2D eigenvalue weighted by molar-refractivity contribution is 0.0219. The summed E-state index contributed by atoms with van der Waals surface area (Å²) in [6.07, 6.45) is 3.01. The largest absolute Gasteiger partial charge is 0.508 e. The zero-order valence-corrected chi connectivity index (χ0v) is 24.5. The summed E-state index contributed by atoms with van der Waals surface area (Å²) in [6, 6.07) is 17.3. The average molecular weight is 616 g/mol. The van der Waals surface area contributed by atoms with Gasteiger partial charge in [0.05, 0.1) is 44.2 Å². The van der Waals surface area contributed by atoms with E-state index in [-0.39, 0.29) is 31.6 Å². The molecule has 1 aromatic heterocycles. The van der Waals surface area contributed by atoms with Crippen LogP contribution in [0.2, 0.25) is 0 Å². The number of esters is 1. The van der Waals surface area contributed by atoms with Gasteiger partial charge in [-0.15, -0.1) is 5.10 Å². The second-order valence-electron chi connectivity index (χ2n) is 11.2. The molecule has 3 aliphatic heterocycles. The van der Waals surface area contributed by atoms with E-state index < -0.39 is 17.7 Å². The Labute approximate surface area is 259 Å². The van der Waals surface area contributed by atoms with Crippen molar-refractivity contribution in [1.29, 1.82) is 0 Å². The van der Waals surface area contributed by atoms with Crippen LogP contribution in [0.15, 0.2) is 66.9 Å². The second kappa shape index (κ2) is 12.5. The van der Waals surface area contributed by atoms with Gasteiger partial charge in [-0.05, 0) is 43.2 Å². The van der Waals surface area contributed by atoms with Gasteiger partial charge in [0.25, 0.3) is 0 Å². The number of rotatable bonds is 14. The average Bonchev–Trinajstić information content (AvgIpc) is 3.68. The molecule has 3 aliphatic rings. The maximum absolute atomic E-state index is 13.0. The van der Waals surface area contributed by atoms with E-state index in [1.54, 1.807) is 47.3 Å². The predicted molar refractivity (Wildman–Crippen MR) is 157 cm³/mol. The number of aromatic nitrogens is 3. The molecule has 0 saturated carbocycles. The number of aliphatic hydroxyl groups is 1. The van der Waals surface area contributed by atoms with Crippen LogP contribution in [-0.4, -0.2) is 76.4 Å². The maximum Gasteiger partial charge on any atom is 0.340 e. The minimum absolute atomic E-state index is 0.0258. The Kier molecular flexibility index (Phi) is 8.11. The van der Waals surface area contributed by atoms with Crippen molar-refractivity contribution in [3.8, 4) is 23.0 Å². The van der Waals surface area contributed by atoms with Gasteiger partial charge < -0.3 is 38.6 Å². The van der Waals surface area contributed by atoms with Crippen molar-refractivity contribution in [1.82, 2.24) is 15.0 Å². The third-order valence-electron chi connectivity index (χ3n) is 7.88. The normalized spacial score (nSPS) is 19.8. The number of ether oxygens (including phenoxy) is 6. The van der Waals surface area contributed by atoms with Crippen LogP contribution < -0.4 is 9.47 Å². The Hall–Kier alpha value is -4.49. The number of epoxide rings is 1. The standard InChI is InChI=1S/C33H33N3O9/c37-22-7-9-28-30(13-22)44-31-14-24(8-10-29(31)33(28)27-6-2-1-5-26(27)32(39)45-33)42-17-21-15-36(35-34-21)16-23(38)18-40-11-3-4-12-41-19-25-20-43-25/h1-2,5-10,13-15,23,25,37-38H,3-4,11-12,16-20H2. The summed E-state index contributed by atoms with van der Waals surface area (Å²) in [5, 5.41) is 28.8. The molecule has 4 aromatic rings. The number of unbranched alkanes of at least 4 members (excludes halogenated alkanes) is 1. The van der Waals surface area contributed by atoms with Gasteiger partial charge in [0, 0.05) is 42.0 Å². The number of aromatic hydroxyl groups is 1. The second-order valence-corrected chi connectivity index (χ2v) is 11.2. The number of hydrogen-bond acceptors (Lipinski definition) is 11. The van der Waals surface area contributed by atoms with Crippen molar-refractivity contribution in [3.05, 3.63) is 94.8 Å². The SMILES string of the molecule is O=C1OC2(c3ccc(O)cc3Oc3cc(OCc4cn(CC(O)COCCCCOCC5CO5)nn4)ccc32)c2ccccc21. The van der Waals surface area contributed by atoms with Crippen LogP contribution in [-0.2, 0) is 37.7 Å². The molecule has 0 bridgehead atoms. The molecular formula is C33H33N3O9. The lowest BCUT2D eigenvalue weighted by Crippen LogP contribution is -2.32. The molecule has 1 saturated heterocycles. The van der Waals surface area contributed by atoms with Gasteiger partial charge >= 0.3 is 5.97 Å². The van der Waals surface area contributed by atoms with Crippen molar-refractivity contribution in [2.45, 2.75) is 43.8 Å². The minimum atomic E-state index is -1.23. The van der Waals surface area contributed by atoms with Gasteiger partial charge in [-0.25, -0.2) is 9.48 Å². The molecule has 3 unspecified atom stereocenters. The Balaban J connectivity index is 0.965. The van der Waals surface area contributed by atoms with Gasteiger partial charge in [0.15, 0.2) is 5.60 Å². The highest BCUT2D eigenvalue weighted by molar-refractivity contribution is 5.97. The molecule has 3 aromatic carbocycles. The molecule has 12 heteroatoms. The van der Waals surface area contributed by atoms with Crippen LogP contribution in [0.3, 0.4) is 0 Å². The Bertz CT molecular complexity index is 1690. The Morgan fingerprint density at radius 2 is 1.78 bits per heavy atom. The van der Waals surface area contributed by atoms with Crippen molar-refractivity contribution in [2.75, 3.05) is 33.0 Å². The van der Waals surface area contributed by atoms with Gasteiger partial charge in [0.2, 0.25) is 0 Å². The molecule has 0 aliphatic carbocycles. The number of fused-ring (bicyclic) bond motifs is 6. The summed E-state index contributed by atoms with van der Waals surface area (Å²) in [5.74, 6) is 0.904. The van der Waals surface area contributed by atoms with Gasteiger partial charge in [0.1, 0.15) is 41.4 Å². The molecule has 2 N–H and O–H groups in total. The third kappa shape index (κ3) is 6.09. The molecule has 45 heavy (non-hydrogen) atoms. The smallest absolute Gasteiger partial charge is 0.340 e. The predicted octanol–water partition coefficient (Wildman–Crippen LogP) is 3.70. The van der Waals surface area contributed by atoms with Crippen molar-refractivity contribution >= 4 is 5.97 Å². The van der Waals surface area contributed by atoms with E-state index in [9.17, 15) is 15.0 Å². The van der Waals surface area contributed by atoms with Gasteiger partial charge in [-0.2, -0.15) is 0 Å². The lowest BCUT2D eigenvalue weighted by Gasteiger charge is -2.36. The van der Waals surface area contributed by atoms with E-state index in [0.29, 0.717) is 65.0 Å².